The first-order valence-electron chi connectivity index (χ1n) is 8.85. The van der Waals surface area contributed by atoms with E-state index in [9.17, 15) is 4.79 Å². The average Bonchev–Trinajstić information content (AvgIpc) is 3.16. The molecule has 2 heterocycles. The summed E-state index contributed by atoms with van der Waals surface area (Å²) in [6.45, 7) is 6.51. The van der Waals surface area contributed by atoms with Crippen molar-refractivity contribution in [3.05, 3.63) is 41.2 Å². The van der Waals surface area contributed by atoms with E-state index in [4.69, 9.17) is 16.3 Å². The van der Waals surface area contributed by atoms with Crippen LogP contribution in [-0.2, 0) is 0 Å². The quantitative estimate of drug-likeness (QED) is 0.827. The Hall–Kier alpha value is -2.34. The number of benzene rings is 1. The molecule has 1 saturated heterocycles. The summed E-state index contributed by atoms with van der Waals surface area (Å²) >= 11 is 6.17. The molecule has 1 aliphatic heterocycles. The Bertz CT molecular complexity index is 776. The molecule has 0 radical (unpaired) electrons. The number of para-hydroxylation sites is 2. The largest absolute Gasteiger partial charge is 0.491 e. The Labute approximate surface area is 158 Å². The van der Waals surface area contributed by atoms with Gasteiger partial charge in [0.05, 0.1) is 23.5 Å². The molecule has 2 aromatic rings. The van der Waals surface area contributed by atoms with Gasteiger partial charge in [0.1, 0.15) is 5.75 Å². The second-order valence-electron chi connectivity index (χ2n) is 6.72. The number of carbonyl (C=O) groups excluding carboxylic acids is 1. The maximum absolute atomic E-state index is 12.7. The summed E-state index contributed by atoms with van der Waals surface area (Å²) in [6, 6.07) is 7.34. The Kier molecular flexibility index (Phi) is 5.93. The van der Waals surface area contributed by atoms with Crippen LogP contribution in [0.2, 0.25) is 5.02 Å². The first kappa shape index (κ1) is 18.5. The van der Waals surface area contributed by atoms with Gasteiger partial charge in [-0.3, -0.25) is 4.79 Å². The highest BCUT2D eigenvalue weighted by Crippen LogP contribution is 2.26. The van der Waals surface area contributed by atoms with Gasteiger partial charge in [-0.15, -0.1) is 0 Å². The minimum absolute atomic E-state index is 0.169. The molecule has 1 aromatic carbocycles. The zero-order valence-corrected chi connectivity index (χ0v) is 15.8. The number of anilines is 2. The molecule has 0 atom stereocenters. The normalized spacial score (nSPS) is 13.9. The highest BCUT2D eigenvalue weighted by Gasteiger charge is 2.20. The van der Waals surface area contributed by atoms with Crippen molar-refractivity contribution in [2.75, 3.05) is 29.9 Å². The van der Waals surface area contributed by atoms with Gasteiger partial charge in [0, 0.05) is 13.1 Å². The van der Waals surface area contributed by atoms with Crippen molar-refractivity contribution in [3.8, 4) is 5.75 Å². The number of rotatable bonds is 6. The molecule has 1 amide bonds. The molecule has 6 nitrogen and oxygen atoms in total. The number of nitrogens with zero attached hydrogens (tertiary/aromatic N) is 3. The Morgan fingerprint density at radius 3 is 2.77 bits per heavy atom. The highest BCUT2D eigenvalue weighted by atomic mass is 35.5. The summed E-state index contributed by atoms with van der Waals surface area (Å²) in [5, 5.41) is 3.08. The molecule has 3 rings (SSSR count). The minimum Gasteiger partial charge on any atom is -0.491 e. The third-order valence-electron chi connectivity index (χ3n) is 4.04. The van der Waals surface area contributed by atoms with Crippen LogP contribution >= 0.6 is 11.6 Å². The van der Waals surface area contributed by atoms with Gasteiger partial charge < -0.3 is 15.0 Å². The molecule has 1 fully saturated rings. The van der Waals surface area contributed by atoms with Gasteiger partial charge in [0.2, 0.25) is 5.95 Å². The fraction of sp³-hybridized carbons (Fsp3) is 0.421. The van der Waals surface area contributed by atoms with E-state index >= 15 is 0 Å². The standard InChI is InChI=1S/C19H23ClN4O2/c1-13(2)12-26-16-8-4-3-7-15(16)22-18(25)17-14(20)11-21-19(23-17)24-9-5-6-10-24/h3-4,7-8,11,13H,5-6,9-10,12H2,1-2H3,(H,22,25). The molecule has 1 aromatic heterocycles. The van der Waals surface area contributed by atoms with Gasteiger partial charge in [-0.1, -0.05) is 37.6 Å². The predicted octanol–water partition coefficient (Wildman–Crippen LogP) is 4.02. The third-order valence-corrected chi connectivity index (χ3v) is 4.32. The monoisotopic (exact) mass is 374 g/mol. The zero-order chi connectivity index (χ0) is 18.5. The first-order valence-corrected chi connectivity index (χ1v) is 9.23. The molecule has 0 saturated carbocycles. The number of hydrogen-bond acceptors (Lipinski definition) is 5. The van der Waals surface area contributed by atoms with E-state index in [2.05, 4.69) is 34.0 Å². The van der Waals surface area contributed by atoms with Crippen molar-refractivity contribution < 1.29 is 9.53 Å². The van der Waals surface area contributed by atoms with Gasteiger partial charge in [-0.25, -0.2) is 9.97 Å². The maximum Gasteiger partial charge on any atom is 0.276 e. The summed E-state index contributed by atoms with van der Waals surface area (Å²) < 4.78 is 5.78. The lowest BCUT2D eigenvalue weighted by Gasteiger charge is -2.17. The van der Waals surface area contributed by atoms with Crippen molar-refractivity contribution in [1.29, 1.82) is 0 Å². The van der Waals surface area contributed by atoms with Crippen molar-refractivity contribution in [3.63, 3.8) is 0 Å². The Balaban J connectivity index is 1.79. The van der Waals surface area contributed by atoms with Crippen LogP contribution in [0.25, 0.3) is 0 Å². The number of aromatic nitrogens is 2. The average molecular weight is 375 g/mol. The molecule has 0 aliphatic carbocycles. The molecule has 0 unspecified atom stereocenters. The Morgan fingerprint density at radius 2 is 2.04 bits per heavy atom. The zero-order valence-electron chi connectivity index (χ0n) is 15.0. The van der Waals surface area contributed by atoms with Crippen molar-refractivity contribution in [2.45, 2.75) is 26.7 Å². The first-order chi connectivity index (χ1) is 12.5. The second-order valence-corrected chi connectivity index (χ2v) is 7.12. The minimum atomic E-state index is -0.376. The van der Waals surface area contributed by atoms with Crippen LogP contribution in [0.15, 0.2) is 30.5 Å². The molecular weight excluding hydrogens is 352 g/mol. The van der Waals surface area contributed by atoms with Crippen LogP contribution < -0.4 is 15.0 Å². The highest BCUT2D eigenvalue weighted by molar-refractivity contribution is 6.34. The molecule has 1 N–H and O–H groups in total. The summed E-state index contributed by atoms with van der Waals surface area (Å²) in [6.07, 6.45) is 3.69. The van der Waals surface area contributed by atoms with Crippen molar-refractivity contribution in [1.82, 2.24) is 9.97 Å². The van der Waals surface area contributed by atoms with E-state index in [1.54, 1.807) is 6.07 Å². The van der Waals surface area contributed by atoms with E-state index in [0.717, 1.165) is 25.9 Å². The molecule has 1 aliphatic rings. The molecule has 138 valence electrons. The van der Waals surface area contributed by atoms with Gasteiger partial charge >= 0.3 is 0 Å². The van der Waals surface area contributed by atoms with Crippen molar-refractivity contribution in [2.24, 2.45) is 5.92 Å². The lowest BCUT2D eigenvalue weighted by molar-refractivity contribution is 0.102. The SMILES string of the molecule is CC(C)COc1ccccc1NC(=O)c1nc(N2CCCC2)ncc1Cl. The molecule has 26 heavy (non-hydrogen) atoms. The van der Waals surface area contributed by atoms with Crippen molar-refractivity contribution >= 4 is 29.1 Å². The summed E-state index contributed by atoms with van der Waals surface area (Å²) in [7, 11) is 0. The van der Waals surface area contributed by atoms with Crippen LogP contribution in [0.3, 0.4) is 0 Å². The number of amides is 1. The van der Waals surface area contributed by atoms with Gasteiger partial charge in [-0.2, -0.15) is 0 Å². The van der Waals surface area contributed by atoms with E-state index in [0.29, 0.717) is 29.9 Å². The number of nitrogens with one attached hydrogen (secondary N) is 1. The van der Waals surface area contributed by atoms with Crippen LogP contribution in [0, 0.1) is 5.92 Å². The van der Waals surface area contributed by atoms with Gasteiger partial charge in [0.15, 0.2) is 5.69 Å². The van der Waals surface area contributed by atoms with Crippen LogP contribution in [0.4, 0.5) is 11.6 Å². The van der Waals surface area contributed by atoms with E-state index in [-0.39, 0.29) is 16.6 Å². The molecule has 0 spiro atoms. The number of carbonyl (C=O) groups is 1. The van der Waals surface area contributed by atoms with Gasteiger partial charge in [-0.05, 0) is 30.9 Å². The van der Waals surface area contributed by atoms with Crippen LogP contribution in [0.1, 0.15) is 37.2 Å². The summed E-state index contributed by atoms with van der Waals surface area (Å²) in [4.78, 5) is 23.4. The number of halogens is 1. The summed E-state index contributed by atoms with van der Waals surface area (Å²) in [5.41, 5.74) is 0.762. The third kappa shape index (κ3) is 4.43. The fourth-order valence-electron chi connectivity index (χ4n) is 2.72. The predicted molar refractivity (Wildman–Crippen MR) is 103 cm³/mol. The van der Waals surface area contributed by atoms with E-state index < -0.39 is 0 Å². The second kappa shape index (κ2) is 8.36. The number of ether oxygens (including phenoxy) is 1. The van der Waals surface area contributed by atoms with Gasteiger partial charge in [0.25, 0.3) is 5.91 Å². The van der Waals surface area contributed by atoms with E-state index in [1.165, 1.54) is 6.20 Å². The number of hydrogen-bond donors (Lipinski definition) is 1. The summed E-state index contributed by atoms with van der Waals surface area (Å²) in [5.74, 6) is 1.18. The van der Waals surface area contributed by atoms with E-state index in [1.807, 2.05) is 18.2 Å². The molecule has 0 bridgehead atoms. The van der Waals surface area contributed by atoms with Crippen LogP contribution in [-0.4, -0.2) is 35.6 Å². The Morgan fingerprint density at radius 1 is 1.31 bits per heavy atom. The molecular formula is C19H23ClN4O2. The maximum atomic E-state index is 12.7. The lowest BCUT2D eigenvalue weighted by atomic mass is 10.2. The van der Waals surface area contributed by atoms with Crippen LogP contribution in [0.5, 0.6) is 5.75 Å². The lowest BCUT2D eigenvalue weighted by Crippen LogP contribution is -2.23. The fourth-order valence-corrected chi connectivity index (χ4v) is 2.90. The smallest absolute Gasteiger partial charge is 0.276 e. The topological polar surface area (TPSA) is 67.3 Å². The molecule has 7 heteroatoms.